The first-order valence-electron chi connectivity index (χ1n) is 13.1. The second-order valence-corrected chi connectivity index (χ2v) is 11.0. The minimum atomic E-state index is -0.527. The van der Waals surface area contributed by atoms with E-state index in [0.717, 1.165) is 32.1 Å². The van der Waals surface area contributed by atoms with Crippen LogP contribution in [0.1, 0.15) is 110 Å². The lowest BCUT2D eigenvalue weighted by Crippen LogP contribution is -2.45. The Kier molecular flexibility index (Phi) is 10.2. The van der Waals surface area contributed by atoms with E-state index in [4.69, 9.17) is 4.74 Å². The molecular weight excluding hydrogens is 436 g/mol. The Morgan fingerprint density at radius 1 is 1.09 bits per heavy atom. The van der Waals surface area contributed by atoms with Crippen LogP contribution in [0.3, 0.4) is 0 Å². The quantitative estimate of drug-likeness (QED) is 0.245. The molecule has 0 saturated carbocycles. The topological polar surface area (TPSA) is 66.8 Å². The smallest absolute Gasteiger partial charge is 0.173 e. The summed E-state index contributed by atoms with van der Waals surface area (Å²) in [6, 6.07) is 1.30. The van der Waals surface area contributed by atoms with Crippen LogP contribution in [-0.4, -0.2) is 21.6 Å². The molecule has 0 aliphatic carbocycles. The van der Waals surface area contributed by atoms with Crippen LogP contribution in [0.5, 0.6) is 17.2 Å². The third-order valence-electron chi connectivity index (χ3n) is 7.33. The fraction of sp³-hybridized carbons (Fsp3) is 0.581. The third-order valence-corrected chi connectivity index (χ3v) is 7.33. The van der Waals surface area contributed by atoms with E-state index < -0.39 is 5.60 Å². The number of ether oxygens (including phenoxy) is 1. The monoisotopic (exact) mass is 482 g/mol. The van der Waals surface area contributed by atoms with Gasteiger partial charge in [-0.15, -0.1) is 0 Å². The van der Waals surface area contributed by atoms with Crippen LogP contribution in [0.2, 0.25) is 0 Å². The number of carbonyl (C=O) groups is 1. The molecule has 1 aromatic carbocycles. The molecule has 0 fully saturated rings. The molecular formula is C31H46O4. The van der Waals surface area contributed by atoms with Gasteiger partial charge in [0, 0.05) is 23.5 Å². The largest absolute Gasteiger partial charge is 0.507 e. The molecule has 1 unspecified atom stereocenters. The minimum absolute atomic E-state index is 0.00235. The highest BCUT2D eigenvalue weighted by atomic mass is 16.5. The number of carbonyl (C=O) groups excluding carboxylic acids is 1. The number of fused-ring (bicyclic) bond motifs is 1. The Morgan fingerprint density at radius 2 is 1.74 bits per heavy atom. The number of rotatable bonds is 11. The Bertz CT molecular complexity index is 990. The first-order chi connectivity index (χ1) is 16.4. The normalized spacial score (nSPS) is 20.5. The van der Waals surface area contributed by atoms with Crippen LogP contribution in [0.15, 0.2) is 41.0 Å². The van der Waals surface area contributed by atoms with Crippen molar-refractivity contribution in [3.8, 4) is 17.2 Å². The second-order valence-electron chi connectivity index (χ2n) is 11.0. The van der Waals surface area contributed by atoms with Crippen molar-refractivity contribution in [3.63, 3.8) is 0 Å². The van der Waals surface area contributed by atoms with Crippen molar-refractivity contribution in [2.24, 2.45) is 11.8 Å². The van der Waals surface area contributed by atoms with Gasteiger partial charge >= 0.3 is 0 Å². The third kappa shape index (κ3) is 7.49. The summed E-state index contributed by atoms with van der Waals surface area (Å²) >= 11 is 0. The van der Waals surface area contributed by atoms with E-state index in [-0.39, 0.29) is 34.7 Å². The summed E-state index contributed by atoms with van der Waals surface area (Å²) in [5.41, 5.74) is 4.28. The van der Waals surface area contributed by atoms with E-state index >= 15 is 0 Å². The number of benzene rings is 1. The van der Waals surface area contributed by atoms with Crippen LogP contribution in [0, 0.1) is 11.8 Å². The molecule has 1 aromatic rings. The van der Waals surface area contributed by atoms with E-state index in [1.165, 1.54) is 22.8 Å². The van der Waals surface area contributed by atoms with Gasteiger partial charge < -0.3 is 14.9 Å². The number of ketones is 1. The summed E-state index contributed by atoms with van der Waals surface area (Å²) in [4.78, 5) is 13.2. The Labute approximate surface area is 212 Å². The predicted octanol–water partition coefficient (Wildman–Crippen LogP) is 8.47. The zero-order valence-electron chi connectivity index (χ0n) is 23.1. The Balaban J connectivity index is 2.41. The van der Waals surface area contributed by atoms with Gasteiger partial charge in [-0.05, 0) is 86.5 Å². The molecule has 2 rings (SSSR count). The predicted molar refractivity (Wildman–Crippen MR) is 145 cm³/mol. The van der Waals surface area contributed by atoms with Gasteiger partial charge in [-0.3, -0.25) is 4.79 Å². The van der Waals surface area contributed by atoms with Crippen molar-refractivity contribution >= 4 is 5.78 Å². The van der Waals surface area contributed by atoms with Crippen LogP contribution < -0.4 is 4.74 Å². The molecule has 0 radical (unpaired) electrons. The minimum Gasteiger partial charge on any atom is -0.507 e. The molecule has 194 valence electrons. The van der Waals surface area contributed by atoms with Crippen LogP contribution >= 0.6 is 0 Å². The zero-order valence-corrected chi connectivity index (χ0v) is 23.1. The van der Waals surface area contributed by atoms with Crippen molar-refractivity contribution in [1.29, 1.82) is 0 Å². The number of hydrogen-bond donors (Lipinski definition) is 2. The van der Waals surface area contributed by atoms with Gasteiger partial charge in [-0.25, -0.2) is 0 Å². The molecule has 0 bridgehead atoms. The molecule has 1 heterocycles. The maximum atomic E-state index is 13.2. The number of allylic oxidation sites excluding steroid dienone is 6. The average molecular weight is 483 g/mol. The molecule has 2 N–H and O–H groups in total. The highest BCUT2D eigenvalue weighted by molar-refractivity contribution is 6.03. The summed E-state index contributed by atoms with van der Waals surface area (Å²) in [5, 5.41) is 21.4. The van der Waals surface area contributed by atoms with E-state index in [9.17, 15) is 15.0 Å². The van der Waals surface area contributed by atoms with Gasteiger partial charge in [-0.1, -0.05) is 48.8 Å². The molecule has 1 aliphatic heterocycles. The highest BCUT2D eigenvalue weighted by Gasteiger charge is 2.43. The van der Waals surface area contributed by atoms with E-state index in [1.807, 2.05) is 13.8 Å². The fourth-order valence-electron chi connectivity index (χ4n) is 4.69. The number of Topliss-reactive ketones (excluding diaryl/α,β-unsaturated/α-hetero) is 1. The number of phenols is 2. The fourth-order valence-corrected chi connectivity index (χ4v) is 4.69. The molecule has 0 spiro atoms. The van der Waals surface area contributed by atoms with Gasteiger partial charge in [0.2, 0.25) is 0 Å². The standard InChI is InChI=1S/C31H46O4/c1-9-23(7)29(34)28-27(33)19-26(32)25-18-24(16-15-21(4)5)31(8,35-30(25)28)17-11-14-22(6)13-10-12-20(2)3/h12,14-15,19,23-24,32-33H,9-11,13,16-18H2,1-8H3/b22-14+/t23?,24-,31+/m0/s1. The number of hydrogen-bond acceptors (Lipinski definition) is 4. The van der Waals surface area contributed by atoms with Crippen molar-refractivity contribution in [1.82, 2.24) is 0 Å². The van der Waals surface area contributed by atoms with Gasteiger partial charge in [0.25, 0.3) is 0 Å². The maximum Gasteiger partial charge on any atom is 0.173 e. The van der Waals surface area contributed by atoms with Crippen molar-refractivity contribution in [2.45, 2.75) is 106 Å². The lowest BCUT2D eigenvalue weighted by molar-refractivity contribution is 0.00178. The van der Waals surface area contributed by atoms with Crippen molar-refractivity contribution < 1.29 is 19.7 Å². The summed E-state index contributed by atoms with van der Waals surface area (Å²) in [5.74, 6) is -0.0658. The number of aromatic hydroxyl groups is 2. The van der Waals surface area contributed by atoms with Gasteiger partial charge in [0.1, 0.15) is 28.4 Å². The average Bonchev–Trinajstić information content (AvgIpc) is 2.76. The molecule has 0 aromatic heterocycles. The van der Waals surface area contributed by atoms with E-state index in [1.54, 1.807) is 0 Å². The lowest BCUT2D eigenvalue weighted by Gasteiger charge is -2.43. The van der Waals surface area contributed by atoms with Gasteiger partial charge in [0.15, 0.2) is 5.78 Å². The van der Waals surface area contributed by atoms with Crippen LogP contribution in [-0.2, 0) is 6.42 Å². The molecule has 35 heavy (non-hydrogen) atoms. The second kappa shape index (κ2) is 12.5. The first kappa shape index (κ1) is 28.7. The van der Waals surface area contributed by atoms with Crippen molar-refractivity contribution in [3.05, 3.63) is 52.1 Å². The molecule has 4 heteroatoms. The van der Waals surface area contributed by atoms with Gasteiger partial charge in [-0.2, -0.15) is 0 Å². The maximum absolute atomic E-state index is 13.2. The molecule has 1 aliphatic rings. The summed E-state index contributed by atoms with van der Waals surface area (Å²) < 4.78 is 6.66. The molecule has 0 amide bonds. The van der Waals surface area contributed by atoms with Crippen molar-refractivity contribution in [2.75, 3.05) is 0 Å². The Morgan fingerprint density at radius 3 is 2.34 bits per heavy atom. The molecule has 0 saturated heterocycles. The lowest BCUT2D eigenvalue weighted by atomic mass is 9.75. The molecule has 3 atom stereocenters. The van der Waals surface area contributed by atoms with E-state index in [2.05, 4.69) is 59.8 Å². The summed E-state index contributed by atoms with van der Waals surface area (Å²) in [6.07, 6.45) is 12.7. The van der Waals surface area contributed by atoms with Crippen LogP contribution in [0.4, 0.5) is 0 Å². The van der Waals surface area contributed by atoms with Crippen LogP contribution in [0.25, 0.3) is 0 Å². The summed E-state index contributed by atoms with van der Waals surface area (Å²) in [7, 11) is 0. The van der Waals surface area contributed by atoms with E-state index in [0.29, 0.717) is 24.2 Å². The highest BCUT2D eigenvalue weighted by Crippen LogP contribution is 2.49. The first-order valence-corrected chi connectivity index (χ1v) is 13.1. The number of phenolic OH excluding ortho intramolecular Hbond substituents is 2. The zero-order chi connectivity index (χ0) is 26.3. The SMILES string of the molecule is CCC(C)C(=O)c1c(O)cc(O)c2c1O[C@](C)(CC/C=C(\C)CCC=C(C)C)[C@@H](CC=C(C)C)C2. The molecule has 4 nitrogen and oxygen atoms in total. The van der Waals surface area contributed by atoms with Gasteiger partial charge in [0.05, 0.1) is 0 Å². The Hall–Kier alpha value is -2.49. The summed E-state index contributed by atoms with van der Waals surface area (Å²) in [6.45, 7) is 16.5.